The summed E-state index contributed by atoms with van der Waals surface area (Å²) in [6.45, 7) is 8.76. The van der Waals surface area contributed by atoms with E-state index in [1.807, 2.05) is 13.0 Å². The fourth-order valence-corrected chi connectivity index (χ4v) is 2.66. The zero-order valence-electron chi connectivity index (χ0n) is 11.8. The van der Waals surface area contributed by atoms with Gasteiger partial charge in [-0.05, 0) is 24.6 Å². The molecule has 0 unspecified atom stereocenters. The number of halogens is 2. The number of aryl methyl sites for hydroxylation is 1. The quantitative estimate of drug-likeness (QED) is 0.918. The topological polar surface area (TPSA) is 32.5 Å². The van der Waals surface area contributed by atoms with Gasteiger partial charge in [0.1, 0.15) is 12.5 Å². The monoisotopic (exact) mass is 281 g/mol. The second kappa shape index (κ2) is 6.22. The normalized spacial score (nSPS) is 16.4. The van der Waals surface area contributed by atoms with E-state index >= 15 is 0 Å². The minimum atomic E-state index is -0.335. The fraction of sp³-hybridized carbons (Fsp3) is 0.467. The fourth-order valence-electron chi connectivity index (χ4n) is 2.66. The highest BCUT2D eigenvalue weighted by atomic mass is 19.1. The first-order valence-corrected chi connectivity index (χ1v) is 6.81. The van der Waals surface area contributed by atoms with Crippen LogP contribution in [0.15, 0.2) is 18.7 Å². The molecule has 0 aromatic heterocycles. The van der Waals surface area contributed by atoms with Crippen LogP contribution in [0.5, 0.6) is 0 Å². The van der Waals surface area contributed by atoms with Crippen LogP contribution in [-0.2, 0) is 0 Å². The molecule has 0 saturated carbocycles. The molecule has 20 heavy (non-hydrogen) atoms. The third-order valence-corrected chi connectivity index (χ3v) is 3.73. The molecule has 2 rings (SSSR count). The van der Waals surface area contributed by atoms with Gasteiger partial charge < -0.3 is 10.6 Å². The van der Waals surface area contributed by atoms with E-state index in [4.69, 9.17) is 5.73 Å². The van der Waals surface area contributed by atoms with Crippen molar-refractivity contribution in [1.29, 1.82) is 0 Å². The number of rotatable bonds is 4. The van der Waals surface area contributed by atoms with Gasteiger partial charge in [-0.25, -0.2) is 8.78 Å². The van der Waals surface area contributed by atoms with E-state index in [0.29, 0.717) is 12.1 Å². The lowest BCUT2D eigenvalue weighted by atomic mass is 10.0. The molecule has 1 aromatic rings. The molecule has 1 aliphatic rings. The Bertz CT molecular complexity index is 471. The maximum atomic E-state index is 14.1. The Morgan fingerprint density at radius 3 is 2.45 bits per heavy atom. The third kappa shape index (κ3) is 3.10. The number of hydrogen-bond donors (Lipinski definition) is 1. The van der Waals surface area contributed by atoms with E-state index in [1.165, 1.54) is 6.07 Å². The first kappa shape index (κ1) is 14.8. The van der Waals surface area contributed by atoms with Gasteiger partial charge in [0, 0.05) is 49.7 Å². The van der Waals surface area contributed by atoms with Crippen LogP contribution in [0.2, 0.25) is 0 Å². The maximum absolute atomic E-state index is 14.1. The third-order valence-electron chi connectivity index (χ3n) is 3.73. The zero-order valence-corrected chi connectivity index (χ0v) is 11.8. The van der Waals surface area contributed by atoms with Gasteiger partial charge in [-0.3, -0.25) is 4.90 Å². The molecule has 5 heteroatoms. The number of hydrogen-bond acceptors (Lipinski definition) is 3. The molecule has 0 amide bonds. The maximum Gasteiger partial charge on any atom is 0.134 e. The van der Waals surface area contributed by atoms with E-state index in [-0.39, 0.29) is 18.2 Å². The lowest BCUT2D eigenvalue weighted by Crippen LogP contribution is -2.47. The summed E-state index contributed by atoms with van der Waals surface area (Å²) in [4.78, 5) is 4.20. The number of nitrogens with zero attached hydrogens (tertiary/aromatic N) is 2. The van der Waals surface area contributed by atoms with Gasteiger partial charge in [-0.15, -0.1) is 0 Å². The van der Waals surface area contributed by atoms with Gasteiger partial charge >= 0.3 is 0 Å². The molecule has 1 fully saturated rings. The van der Waals surface area contributed by atoms with Gasteiger partial charge in [0.05, 0.1) is 0 Å². The van der Waals surface area contributed by atoms with Crippen molar-refractivity contribution < 1.29 is 8.78 Å². The Morgan fingerprint density at radius 2 is 1.95 bits per heavy atom. The molecular weight excluding hydrogens is 260 g/mol. The molecule has 1 aromatic carbocycles. The number of anilines is 1. The van der Waals surface area contributed by atoms with Crippen molar-refractivity contribution in [2.45, 2.75) is 6.92 Å². The summed E-state index contributed by atoms with van der Waals surface area (Å²) in [6, 6.07) is 3.44. The molecule has 0 aliphatic carbocycles. The largest absolute Gasteiger partial charge is 0.399 e. The smallest absolute Gasteiger partial charge is 0.134 e. The van der Waals surface area contributed by atoms with Crippen molar-refractivity contribution in [2.24, 2.45) is 5.73 Å². The molecule has 1 aliphatic heterocycles. The van der Waals surface area contributed by atoms with Crippen LogP contribution >= 0.6 is 0 Å². The van der Waals surface area contributed by atoms with Crippen molar-refractivity contribution in [3.63, 3.8) is 0 Å². The first-order chi connectivity index (χ1) is 9.52. The van der Waals surface area contributed by atoms with Gasteiger partial charge in [-0.1, -0.05) is 6.58 Å². The van der Waals surface area contributed by atoms with Crippen molar-refractivity contribution in [3.8, 4) is 0 Å². The van der Waals surface area contributed by atoms with Crippen molar-refractivity contribution in [3.05, 3.63) is 35.7 Å². The average Bonchev–Trinajstić information content (AvgIpc) is 2.38. The second-order valence-corrected chi connectivity index (χ2v) is 5.16. The van der Waals surface area contributed by atoms with Crippen LogP contribution in [0, 0.1) is 12.7 Å². The van der Waals surface area contributed by atoms with Crippen molar-refractivity contribution >= 4 is 11.4 Å². The summed E-state index contributed by atoms with van der Waals surface area (Å²) >= 11 is 0. The van der Waals surface area contributed by atoms with Crippen molar-refractivity contribution in [2.75, 3.05) is 44.3 Å². The molecule has 3 nitrogen and oxygen atoms in total. The first-order valence-electron chi connectivity index (χ1n) is 6.81. The summed E-state index contributed by atoms with van der Waals surface area (Å²) in [7, 11) is 0. The number of piperazine rings is 1. The van der Waals surface area contributed by atoms with Crippen LogP contribution in [-0.4, -0.2) is 44.3 Å². The lowest BCUT2D eigenvalue weighted by Gasteiger charge is -2.36. The molecular formula is C15H21F2N3. The van der Waals surface area contributed by atoms with Gasteiger partial charge in [0.2, 0.25) is 0 Å². The molecule has 0 bridgehead atoms. The summed E-state index contributed by atoms with van der Waals surface area (Å²) in [5.74, 6) is -0.335. The van der Waals surface area contributed by atoms with E-state index in [9.17, 15) is 8.78 Å². The van der Waals surface area contributed by atoms with Gasteiger partial charge in [0.25, 0.3) is 0 Å². The summed E-state index contributed by atoms with van der Waals surface area (Å²) in [5, 5.41) is 0. The molecule has 0 atom stereocenters. The predicted octanol–water partition coefficient (Wildman–Crippen LogP) is 2.16. The highest BCUT2D eigenvalue weighted by molar-refractivity contribution is 5.67. The summed E-state index contributed by atoms with van der Waals surface area (Å²) in [6.07, 6.45) is 0. The Hall–Kier alpha value is -1.62. The Morgan fingerprint density at radius 1 is 1.30 bits per heavy atom. The van der Waals surface area contributed by atoms with Crippen LogP contribution in [0.4, 0.5) is 14.5 Å². The van der Waals surface area contributed by atoms with Crippen LogP contribution in [0.25, 0.3) is 5.70 Å². The van der Waals surface area contributed by atoms with E-state index in [1.54, 1.807) is 0 Å². The van der Waals surface area contributed by atoms with E-state index in [2.05, 4.69) is 16.4 Å². The van der Waals surface area contributed by atoms with E-state index < -0.39 is 0 Å². The summed E-state index contributed by atoms with van der Waals surface area (Å²) < 4.78 is 26.4. The number of benzene rings is 1. The highest BCUT2D eigenvalue weighted by Crippen LogP contribution is 2.26. The molecule has 2 N–H and O–H groups in total. The minimum absolute atomic E-state index is 0.249. The molecule has 0 spiro atoms. The number of alkyl halides is 1. The Kier molecular flexibility index (Phi) is 4.60. The van der Waals surface area contributed by atoms with Crippen LogP contribution in [0.1, 0.15) is 11.1 Å². The molecule has 110 valence electrons. The molecule has 1 saturated heterocycles. The highest BCUT2D eigenvalue weighted by Gasteiger charge is 2.19. The zero-order chi connectivity index (χ0) is 14.7. The standard InChI is InChI=1S/C15H21F2N3/c1-11-9-13(10-14(17)15(11)12(2)18)20-7-5-19(4-3-16)6-8-20/h9-10H,2-8,18H2,1H3. The number of nitrogens with two attached hydrogens (primary N) is 1. The molecule has 1 heterocycles. The van der Waals surface area contributed by atoms with Crippen LogP contribution in [0.3, 0.4) is 0 Å². The minimum Gasteiger partial charge on any atom is -0.399 e. The van der Waals surface area contributed by atoms with E-state index in [0.717, 1.165) is 37.4 Å². The second-order valence-electron chi connectivity index (χ2n) is 5.16. The van der Waals surface area contributed by atoms with Gasteiger partial charge in [0.15, 0.2) is 0 Å². The lowest BCUT2D eigenvalue weighted by molar-refractivity contribution is 0.235. The summed E-state index contributed by atoms with van der Waals surface area (Å²) in [5.41, 5.74) is 7.89. The van der Waals surface area contributed by atoms with Crippen LogP contribution < -0.4 is 10.6 Å². The Labute approximate surface area is 118 Å². The van der Waals surface area contributed by atoms with Gasteiger partial charge in [-0.2, -0.15) is 0 Å². The predicted molar refractivity (Wildman–Crippen MR) is 79.0 cm³/mol. The SMILES string of the molecule is C=C(N)c1c(C)cc(N2CCN(CCF)CC2)cc1F. The average molecular weight is 281 g/mol. The van der Waals surface area contributed by atoms with Crippen molar-refractivity contribution in [1.82, 2.24) is 4.90 Å². The Balaban J connectivity index is 2.13. The molecule has 0 radical (unpaired) electrons.